The molecule has 1 atom stereocenters. The minimum atomic E-state index is -0.336. The molecule has 0 radical (unpaired) electrons. The minimum Gasteiger partial charge on any atom is -0.504 e. The fourth-order valence-electron chi connectivity index (χ4n) is 2.69. The number of phenols is 1. The number of rotatable bonds is 5. The fraction of sp³-hybridized carbons (Fsp3) is 0.600. The number of nitrogens with zero attached hydrogens (tertiary/aromatic N) is 1. The molecule has 1 heterocycles. The third kappa shape index (κ3) is 3.39. The maximum Gasteiger partial charge on any atom is 0.161 e. The Balaban J connectivity index is 2.11. The molecule has 1 saturated heterocycles. The molecule has 1 fully saturated rings. The van der Waals surface area contributed by atoms with Crippen molar-refractivity contribution in [3.8, 4) is 11.5 Å². The second kappa shape index (κ2) is 5.80. The second-order valence-corrected chi connectivity index (χ2v) is 5.46. The summed E-state index contributed by atoms with van der Waals surface area (Å²) in [6, 6.07) is 5.49. The summed E-state index contributed by atoms with van der Waals surface area (Å²) in [6.07, 6.45) is 3.21. The lowest BCUT2D eigenvalue weighted by molar-refractivity contribution is 0.141. The van der Waals surface area contributed by atoms with Gasteiger partial charge in [0.1, 0.15) is 0 Å². The number of nitrogens with two attached hydrogens (primary N) is 1. The van der Waals surface area contributed by atoms with Gasteiger partial charge in [-0.2, -0.15) is 0 Å². The highest BCUT2D eigenvalue weighted by Crippen LogP contribution is 2.29. The zero-order valence-corrected chi connectivity index (χ0v) is 11.9. The highest BCUT2D eigenvalue weighted by Gasteiger charge is 2.29. The van der Waals surface area contributed by atoms with E-state index >= 15 is 0 Å². The molecule has 1 aromatic rings. The van der Waals surface area contributed by atoms with E-state index in [4.69, 9.17) is 10.5 Å². The largest absolute Gasteiger partial charge is 0.504 e. The number of ether oxygens (including phenoxy) is 1. The van der Waals surface area contributed by atoms with E-state index in [0.717, 1.165) is 25.1 Å². The van der Waals surface area contributed by atoms with Crippen molar-refractivity contribution in [3.63, 3.8) is 0 Å². The Morgan fingerprint density at radius 3 is 2.68 bits per heavy atom. The van der Waals surface area contributed by atoms with E-state index < -0.39 is 0 Å². The molecule has 106 valence electrons. The lowest BCUT2D eigenvalue weighted by atomic mass is 10.0. The Labute approximate surface area is 115 Å². The highest BCUT2D eigenvalue weighted by atomic mass is 16.5. The molecule has 1 unspecified atom stereocenters. The third-order valence-electron chi connectivity index (χ3n) is 3.71. The molecule has 19 heavy (non-hydrogen) atoms. The van der Waals surface area contributed by atoms with Gasteiger partial charge in [0.15, 0.2) is 11.5 Å². The van der Waals surface area contributed by atoms with Gasteiger partial charge in [-0.1, -0.05) is 6.07 Å². The number of hydrogen-bond acceptors (Lipinski definition) is 4. The van der Waals surface area contributed by atoms with E-state index in [9.17, 15) is 5.11 Å². The highest BCUT2D eigenvalue weighted by molar-refractivity contribution is 5.42. The lowest BCUT2D eigenvalue weighted by Crippen LogP contribution is -2.53. The van der Waals surface area contributed by atoms with Crippen LogP contribution in [0.1, 0.15) is 32.3 Å². The van der Waals surface area contributed by atoms with Crippen LogP contribution in [0.4, 0.5) is 0 Å². The molecule has 0 saturated carbocycles. The van der Waals surface area contributed by atoms with Gasteiger partial charge in [-0.3, -0.25) is 4.90 Å². The van der Waals surface area contributed by atoms with Crippen LogP contribution in [0, 0.1) is 0 Å². The first-order valence-electron chi connectivity index (χ1n) is 7.01. The average molecular weight is 264 g/mol. The molecule has 0 aromatic heterocycles. The molecular weight excluding hydrogens is 240 g/mol. The summed E-state index contributed by atoms with van der Waals surface area (Å²) in [6.45, 7) is 6.67. The van der Waals surface area contributed by atoms with Crippen molar-refractivity contribution < 1.29 is 9.84 Å². The van der Waals surface area contributed by atoms with Gasteiger partial charge >= 0.3 is 0 Å². The number of benzene rings is 1. The van der Waals surface area contributed by atoms with Gasteiger partial charge in [0.25, 0.3) is 0 Å². The lowest BCUT2D eigenvalue weighted by Gasteiger charge is -2.35. The molecule has 1 aliphatic rings. The van der Waals surface area contributed by atoms with Gasteiger partial charge in [-0.25, -0.2) is 0 Å². The molecule has 2 rings (SSSR count). The van der Waals surface area contributed by atoms with E-state index in [-0.39, 0.29) is 11.4 Å². The quantitative estimate of drug-likeness (QED) is 0.855. The van der Waals surface area contributed by atoms with Crippen LogP contribution < -0.4 is 10.5 Å². The SMILES string of the molecule is CCOc1cc(CC(C)(N)N2CCCC2)ccc1O. The molecular formula is C15H24N2O2. The Morgan fingerprint density at radius 2 is 2.05 bits per heavy atom. The van der Waals surface area contributed by atoms with Crippen LogP contribution >= 0.6 is 0 Å². The average Bonchev–Trinajstić information content (AvgIpc) is 2.88. The maximum absolute atomic E-state index is 9.71. The van der Waals surface area contributed by atoms with E-state index in [2.05, 4.69) is 11.8 Å². The minimum absolute atomic E-state index is 0.186. The van der Waals surface area contributed by atoms with E-state index in [1.165, 1.54) is 12.8 Å². The summed E-state index contributed by atoms with van der Waals surface area (Å²) in [5.74, 6) is 0.725. The summed E-state index contributed by atoms with van der Waals surface area (Å²) in [7, 11) is 0. The van der Waals surface area contributed by atoms with E-state index in [1.807, 2.05) is 19.1 Å². The van der Waals surface area contributed by atoms with Crippen molar-refractivity contribution in [3.05, 3.63) is 23.8 Å². The van der Waals surface area contributed by atoms with Crippen LogP contribution in [0.15, 0.2) is 18.2 Å². The smallest absolute Gasteiger partial charge is 0.161 e. The molecule has 0 aliphatic carbocycles. The predicted molar refractivity (Wildman–Crippen MR) is 76.4 cm³/mol. The molecule has 0 bridgehead atoms. The molecule has 0 amide bonds. The van der Waals surface area contributed by atoms with Crippen LogP contribution in [-0.4, -0.2) is 35.4 Å². The number of likely N-dealkylation sites (tertiary alicyclic amines) is 1. The molecule has 1 aliphatic heterocycles. The molecule has 4 heteroatoms. The predicted octanol–water partition coefficient (Wildman–Crippen LogP) is 2.10. The van der Waals surface area contributed by atoms with Crippen LogP contribution in [0.2, 0.25) is 0 Å². The second-order valence-electron chi connectivity index (χ2n) is 5.46. The van der Waals surface area contributed by atoms with Gasteiger partial charge in [0.2, 0.25) is 0 Å². The summed E-state index contributed by atoms with van der Waals surface area (Å²) in [5.41, 5.74) is 7.20. The molecule has 3 N–H and O–H groups in total. The zero-order chi connectivity index (χ0) is 13.9. The first kappa shape index (κ1) is 14.2. The summed E-state index contributed by atoms with van der Waals surface area (Å²) in [4.78, 5) is 2.33. The van der Waals surface area contributed by atoms with Crippen LogP contribution in [-0.2, 0) is 6.42 Å². The maximum atomic E-state index is 9.71. The van der Waals surface area contributed by atoms with Crippen molar-refractivity contribution in [2.24, 2.45) is 5.73 Å². The normalized spacial score (nSPS) is 19.3. The summed E-state index contributed by atoms with van der Waals surface area (Å²) < 4.78 is 5.41. The van der Waals surface area contributed by atoms with Crippen LogP contribution in [0.25, 0.3) is 0 Å². The van der Waals surface area contributed by atoms with Gasteiger partial charge < -0.3 is 15.6 Å². The standard InChI is InChI=1S/C15H24N2O2/c1-3-19-14-10-12(6-7-13(14)18)11-15(2,16)17-8-4-5-9-17/h6-7,10,18H,3-5,8-9,11,16H2,1-2H3. The topological polar surface area (TPSA) is 58.7 Å². The monoisotopic (exact) mass is 264 g/mol. The summed E-state index contributed by atoms with van der Waals surface area (Å²) >= 11 is 0. The van der Waals surface area contributed by atoms with Gasteiger partial charge in [-0.15, -0.1) is 0 Å². The molecule has 1 aromatic carbocycles. The third-order valence-corrected chi connectivity index (χ3v) is 3.71. The number of phenolic OH excluding ortho intramolecular Hbond substituents is 1. The van der Waals surface area contributed by atoms with Crippen molar-refractivity contribution in [2.45, 2.75) is 38.8 Å². The van der Waals surface area contributed by atoms with Crippen molar-refractivity contribution >= 4 is 0 Å². The van der Waals surface area contributed by atoms with Crippen LogP contribution in [0.5, 0.6) is 11.5 Å². The zero-order valence-electron chi connectivity index (χ0n) is 11.9. The molecule has 4 nitrogen and oxygen atoms in total. The Morgan fingerprint density at radius 1 is 1.37 bits per heavy atom. The first-order valence-corrected chi connectivity index (χ1v) is 7.01. The van der Waals surface area contributed by atoms with Crippen molar-refractivity contribution in [1.82, 2.24) is 4.90 Å². The van der Waals surface area contributed by atoms with E-state index in [0.29, 0.717) is 12.4 Å². The number of aromatic hydroxyl groups is 1. The first-order chi connectivity index (χ1) is 9.03. The molecule has 0 spiro atoms. The Bertz CT molecular complexity index is 426. The van der Waals surface area contributed by atoms with Crippen LogP contribution in [0.3, 0.4) is 0 Å². The Kier molecular flexibility index (Phi) is 4.32. The Hall–Kier alpha value is -1.26. The van der Waals surface area contributed by atoms with Gasteiger partial charge in [0, 0.05) is 6.42 Å². The fourth-order valence-corrected chi connectivity index (χ4v) is 2.69. The van der Waals surface area contributed by atoms with Crippen molar-refractivity contribution in [1.29, 1.82) is 0 Å². The van der Waals surface area contributed by atoms with Gasteiger partial charge in [-0.05, 0) is 57.5 Å². The van der Waals surface area contributed by atoms with E-state index in [1.54, 1.807) is 6.07 Å². The van der Waals surface area contributed by atoms with Gasteiger partial charge in [0.05, 0.1) is 12.3 Å². The number of hydrogen-bond donors (Lipinski definition) is 2. The summed E-state index contributed by atoms with van der Waals surface area (Å²) in [5, 5.41) is 9.71. The van der Waals surface area contributed by atoms with Crippen molar-refractivity contribution in [2.75, 3.05) is 19.7 Å².